The van der Waals surface area contributed by atoms with E-state index >= 15 is 0 Å². The van der Waals surface area contributed by atoms with Crippen LogP contribution in [0.25, 0.3) is 0 Å². The van der Waals surface area contributed by atoms with Crippen molar-refractivity contribution in [2.75, 3.05) is 11.9 Å². The molecule has 3 heteroatoms. The van der Waals surface area contributed by atoms with Crippen LogP contribution in [0.1, 0.15) is 23.5 Å². The minimum Gasteiger partial charge on any atom is -0.315 e. The minimum absolute atomic E-state index is 0.0769. The van der Waals surface area contributed by atoms with Gasteiger partial charge in [0, 0.05) is 18.7 Å². The Morgan fingerprint density at radius 1 is 1.14 bits per heavy atom. The van der Waals surface area contributed by atoms with E-state index in [-0.39, 0.29) is 11.8 Å². The first-order chi connectivity index (χ1) is 10.2. The monoisotopic (exact) mass is 276 g/mol. The third-order valence-corrected chi connectivity index (χ3v) is 4.05. The van der Waals surface area contributed by atoms with Crippen LogP contribution in [0.3, 0.4) is 0 Å². The summed E-state index contributed by atoms with van der Waals surface area (Å²) in [4.78, 5) is 14.2. The molecule has 0 aliphatic heterocycles. The molecule has 1 saturated carbocycles. The van der Waals surface area contributed by atoms with E-state index in [1.54, 1.807) is 24.1 Å². The first-order valence-corrected chi connectivity index (χ1v) is 7.03. The van der Waals surface area contributed by atoms with Crippen LogP contribution < -0.4 is 4.90 Å². The van der Waals surface area contributed by atoms with Crippen molar-refractivity contribution >= 4 is 11.6 Å². The Morgan fingerprint density at radius 2 is 1.81 bits per heavy atom. The molecular weight excluding hydrogens is 260 g/mol. The highest BCUT2D eigenvalue weighted by Gasteiger charge is 2.45. The topological polar surface area (TPSA) is 44.1 Å². The van der Waals surface area contributed by atoms with Crippen LogP contribution in [0.2, 0.25) is 0 Å². The molecule has 2 aromatic rings. The molecule has 2 unspecified atom stereocenters. The highest BCUT2D eigenvalue weighted by atomic mass is 16.2. The fourth-order valence-electron chi connectivity index (χ4n) is 2.67. The Labute approximate surface area is 124 Å². The summed E-state index contributed by atoms with van der Waals surface area (Å²) in [5, 5.41) is 8.80. The molecule has 104 valence electrons. The van der Waals surface area contributed by atoms with Gasteiger partial charge in [-0.15, -0.1) is 0 Å². The lowest BCUT2D eigenvalue weighted by Gasteiger charge is -2.17. The molecule has 0 N–H and O–H groups in total. The molecule has 0 bridgehead atoms. The van der Waals surface area contributed by atoms with Crippen molar-refractivity contribution in [3.05, 3.63) is 65.7 Å². The first kappa shape index (κ1) is 13.4. The summed E-state index contributed by atoms with van der Waals surface area (Å²) in [6.45, 7) is 0. The van der Waals surface area contributed by atoms with Crippen LogP contribution in [0.4, 0.5) is 5.69 Å². The van der Waals surface area contributed by atoms with Crippen LogP contribution in [0.15, 0.2) is 54.6 Å². The second-order valence-electron chi connectivity index (χ2n) is 5.42. The molecule has 2 aromatic carbocycles. The summed E-state index contributed by atoms with van der Waals surface area (Å²) in [6.07, 6.45) is 0.920. The van der Waals surface area contributed by atoms with Gasteiger partial charge in [0.2, 0.25) is 5.91 Å². The lowest BCUT2D eigenvalue weighted by molar-refractivity contribution is -0.119. The standard InChI is InChI=1S/C18H16N2O/c1-20(15-9-7-13(12-19)8-10-15)18(21)17-11-16(17)14-5-3-2-4-6-14/h2-10,16-17H,11H2,1H3. The number of hydrogen-bond donors (Lipinski definition) is 0. The van der Waals surface area contributed by atoms with Crippen molar-refractivity contribution < 1.29 is 4.79 Å². The van der Waals surface area contributed by atoms with E-state index < -0.39 is 0 Å². The molecule has 2 atom stereocenters. The number of carbonyl (C=O) groups excluding carboxylic acids is 1. The maximum Gasteiger partial charge on any atom is 0.230 e. The molecule has 0 aromatic heterocycles. The molecular formula is C18H16N2O. The number of amides is 1. The van der Waals surface area contributed by atoms with Crippen molar-refractivity contribution in [1.29, 1.82) is 5.26 Å². The van der Waals surface area contributed by atoms with Crippen molar-refractivity contribution in [1.82, 2.24) is 0 Å². The van der Waals surface area contributed by atoms with Gasteiger partial charge in [-0.25, -0.2) is 0 Å². The summed E-state index contributed by atoms with van der Waals surface area (Å²) in [5.74, 6) is 0.570. The highest BCUT2D eigenvalue weighted by molar-refractivity contribution is 5.97. The molecule has 21 heavy (non-hydrogen) atoms. The van der Waals surface area contributed by atoms with Gasteiger partial charge in [-0.1, -0.05) is 30.3 Å². The molecule has 0 saturated heterocycles. The summed E-state index contributed by atoms with van der Waals surface area (Å²) in [7, 11) is 1.80. The number of benzene rings is 2. The molecule has 0 heterocycles. The number of rotatable bonds is 3. The van der Waals surface area contributed by atoms with Crippen LogP contribution >= 0.6 is 0 Å². The third kappa shape index (κ3) is 2.66. The van der Waals surface area contributed by atoms with Gasteiger partial charge in [0.25, 0.3) is 0 Å². The van der Waals surface area contributed by atoms with Gasteiger partial charge in [-0.05, 0) is 42.2 Å². The van der Waals surface area contributed by atoms with Gasteiger partial charge in [0.05, 0.1) is 11.6 Å². The lowest BCUT2D eigenvalue weighted by atomic mass is 10.1. The SMILES string of the molecule is CN(C(=O)C1CC1c1ccccc1)c1ccc(C#N)cc1. The van der Waals surface area contributed by atoms with Crippen molar-refractivity contribution in [2.45, 2.75) is 12.3 Å². The van der Waals surface area contributed by atoms with Crippen molar-refractivity contribution in [3.63, 3.8) is 0 Å². The average Bonchev–Trinajstić information content (AvgIpc) is 3.35. The minimum atomic E-state index is 0.0769. The number of anilines is 1. The van der Waals surface area contributed by atoms with Crippen LogP contribution in [0.5, 0.6) is 0 Å². The number of carbonyl (C=O) groups is 1. The maximum absolute atomic E-state index is 12.5. The molecule has 1 amide bonds. The van der Waals surface area contributed by atoms with E-state index in [2.05, 4.69) is 18.2 Å². The highest BCUT2D eigenvalue weighted by Crippen LogP contribution is 2.48. The fourth-order valence-corrected chi connectivity index (χ4v) is 2.67. The Morgan fingerprint density at radius 3 is 2.43 bits per heavy atom. The molecule has 3 rings (SSSR count). The van der Waals surface area contributed by atoms with E-state index in [9.17, 15) is 4.79 Å². The molecule has 1 aliphatic rings. The van der Waals surface area contributed by atoms with Crippen LogP contribution in [-0.4, -0.2) is 13.0 Å². The molecule has 3 nitrogen and oxygen atoms in total. The number of nitrogens with zero attached hydrogens (tertiary/aromatic N) is 2. The van der Waals surface area contributed by atoms with Gasteiger partial charge in [0.15, 0.2) is 0 Å². The summed E-state index contributed by atoms with van der Waals surface area (Å²) < 4.78 is 0. The summed E-state index contributed by atoms with van der Waals surface area (Å²) in [5.41, 5.74) is 2.68. The van der Waals surface area contributed by atoms with E-state index in [4.69, 9.17) is 5.26 Å². The second kappa shape index (κ2) is 5.41. The van der Waals surface area contributed by atoms with Gasteiger partial charge < -0.3 is 4.90 Å². The summed E-state index contributed by atoms with van der Waals surface area (Å²) >= 11 is 0. The Bertz CT molecular complexity index is 685. The van der Waals surface area contributed by atoms with Gasteiger partial charge in [0.1, 0.15) is 0 Å². The predicted molar refractivity (Wildman–Crippen MR) is 81.9 cm³/mol. The zero-order chi connectivity index (χ0) is 14.8. The van der Waals surface area contributed by atoms with E-state index in [0.717, 1.165) is 12.1 Å². The van der Waals surface area contributed by atoms with Gasteiger partial charge in [-0.3, -0.25) is 4.79 Å². The predicted octanol–water partition coefficient (Wildman–Crippen LogP) is 3.32. The normalized spacial score (nSPS) is 19.6. The van der Waals surface area contributed by atoms with E-state index in [1.807, 2.05) is 30.3 Å². The Hall–Kier alpha value is -2.60. The third-order valence-electron chi connectivity index (χ3n) is 4.05. The molecule has 1 fully saturated rings. The van der Waals surface area contributed by atoms with E-state index in [0.29, 0.717) is 11.5 Å². The van der Waals surface area contributed by atoms with Crippen LogP contribution in [0, 0.1) is 17.2 Å². The largest absolute Gasteiger partial charge is 0.315 e. The first-order valence-electron chi connectivity index (χ1n) is 7.03. The van der Waals surface area contributed by atoms with E-state index in [1.165, 1.54) is 5.56 Å². The molecule has 0 spiro atoms. The molecule has 1 aliphatic carbocycles. The quantitative estimate of drug-likeness (QED) is 0.863. The lowest BCUT2D eigenvalue weighted by Crippen LogP contribution is -2.28. The number of hydrogen-bond acceptors (Lipinski definition) is 2. The Balaban J connectivity index is 1.70. The van der Waals surface area contributed by atoms with Crippen molar-refractivity contribution in [3.8, 4) is 6.07 Å². The Kier molecular flexibility index (Phi) is 3.45. The zero-order valence-electron chi connectivity index (χ0n) is 11.9. The smallest absolute Gasteiger partial charge is 0.230 e. The average molecular weight is 276 g/mol. The van der Waals surface area contributed by atoms with Crippen LogP contribution in [-0.2, 0) is 4.79 Å². The van der Waals surface area contributed by atoms with Crippen molar-refractivity contribution in [2.24, 2.45) is 5.92 Å². The molecule has 0 radical (unpaired) electrons. The second-order valence-corrected chi connectivity index (χ2v) is 5.42. The van der Waals surface area contributed by atoms with Gasteiger partial charge >= 0.3 is 0 Å². The maximum atomic E-state index is 12.5. The van der Waals surface area contributed by atoms with Gasteiger partial charge in [-0.2, -0.15) is 5.26 Å². The fraction of sp³-hybridized carbons (Fsp3) is 0.222. The zero-order valence-corrected chi connectivity index (χ0v) is 11.9. The number of nitriles is 1. The summed E-state index contributed by atoms with van der Waals surface area (Å²) in [6, 6.07) is 19.4.